The highest BCUT2D eigenvalue weighted by atomic mass is 16.6. The molecule has 3 aromatic rings. The molecule has 0 aliphatic rings. The lowest BCUT2D eigenvalue weighted by molar-refractivity contribution is -0.383. The Kier molecular flexibility index (Phi) is 5.30. The molecule has 0 saturated heterocycles. The van der Waals surface area contributed by atoms with Gasteiger partial charge in [0.05, 0.1) is 4.92 Å². The molecule has 0 saturated carbocycles. The summed E-state index contributed by atoms with van der Waals surface area (Å²) in [4.78, 5) is 21.4. The zero-order valence-corrected chi connectivity index (χ0v) is 15.5. The number of rotatable bonds is 6. The Bertz CT molecular complexity index is 960. The van der Waals surface area contributed by atoms with Gasteiger partial charge in [0, 0.05) is 19.3 Å². The van der Waals surface area contributed by atoms with Crippen LogP contribution in [0.15, 0.2) is 54.9 Å². The Labute approximate surface area is 157 Å². The van der Waals surface area contributed by atoms with Crippen LogP contribution in [0.4, 0.5) is 23.0 Å². The van der Waals surface area contributed by atoms with Gasteiger partial charge in [-0.2, -0.15) is 0 Å². The van der Waals surface area contributed by atoms with E-state index in [1.807, 2.05) is 62.4 Å². The average molecular weight is 363 g/mol. The van der Waals surface area contributed by atoms with Crippen molar-refractivity contribution >= 4 is 23.0 Å². The van der Waals surface area contributed by atoms with Crippen molar-refractivity contribution < 1.29 is 4.92 Å². The van der Waals surface area contributed by atoms with Crippen molar-refractivity contribution in [2.45, 2.75) is 20.4 Å². The minimum Gasteiger partial charge on any atom is -0.349 e. The molecule has 1 aromatic heterocycles. The fourth-order valence-corrected chi connectivity index (χ4v) is 2.92. The predicted molar refractivity (Wildman–Crippen MR) is 106 cm³/mol. The molecule has 0 atom stereocenters. The van der Waals surface area contributed by atoms with Gasteiger partial charge < -0.3 is 10.2 Å². The van der Waals surface area contributed by atoms with E-state index < -0.39 is 4.92 Å². The third-order valence-corrected chi connectivity index (χ3v) is 4.24. The van der Waals surface area contributed by atoms with Crippen molar-refractivity contribution in [3.8, 4) is 0 Å². The number of nitro groups is 1. The summed E-state index contributed by atoms with van der Waals surface area (Å²) < 4.78 is 0. The maximum absolute atomic E-state index is 11.8. The van der Waals surface area contributed by atoms with Crippen LogP contribution in [0.5, 0.6) is 0 Å². The number of benzene rings is 2. The van der Waals surface area contributed by atoms with Crippen molar-refractivity contribution in [3.05, 3.63) is 81.7 Å². The van der Waals surface area contributed by atoms with E-state index in [0.29, 0.717) is 6.54 Å². The number of nitrogens with zero attached hydrogens (tertiary/aromatic N) is 4. The fraction of sp³-hybridized carbons (Fsp3) is 0.200. The standard InChI is InChI=1S/C20H21N5O2/c1-14-9-10-17(15(2)11-14)23-19-18(25(26)27)20(22-13-21-19)24(3)12-16-7-5-4-6-8-16/h4-11,13H,12H2,1-3H3,(H,21,22,23). The molecule has 0 bridgehead atoms. The Hall–Kier alpha value is -3.48. The Morgan fingerprint density at radius 2 is 1.85 bits per heavy atom. The number of hydrogen-bond donors (Lipinski definition) is 1. The fourth-order valence-electron chi connectivity index (χ4n) is 2.92. The number of nitrogens with one attached hydrogen (secondary N) is 1. The first kappa shape index (κ1) is 18.3. The lowest BCUT2D eigenvalue weighted by Gasteiger charge is -2.19. The summed E-state index contributed by atoms with van der Waals surface area (Å²) in [6, 6.07) is 15.6. The highest BCUT2D eigenvalue weighted by Crippen LogP contribution is 2.34. The van der Waals surface area contributed by atoms with E-state index in [1.165, 1.54) is 6.33 Å². The molecule has 0 aliphatic carbocycles. The van der Waals surface area contributed by atoms with Crippen LogP contribution in [-0.2, 0) is 6.54 Å². The first-order valence-corrected chi connectivity index (χ1v) is 8.54. The average Bonchev–Trinajstić information content (AvgIpc) is 2.64. The molecule has 7 nitrogen and oxygen atoms in total. The maximum Gasteiger partial charge on any atom is 0.353 e. The number of aryl methyl sites for hydroxylation is 2. The summed E-state index contributed by atoms with van der Waals surface area (Å²) in [6.45, 7) is 4.45. The molecule has 0 amide bonds. The van der Waals surface area contributed by atoms with Crippen LogP contribution in [0.1, 0.15) is 16.7 Å². The summed E-state index contributed by atoms with van der Waals surface area (Å²) in [7, 11) is 1.78. The van der Waals surface area contributed by atoms with Crippen molar-refractivity contribution in [1.29, 1.82) is 0 Å². The minimum atomic E-state index is -0.442. The van der Waals surface area contributed by atoms with Crippen LogP contribution in [0.25, 0.3) is 0 Å². The molecule has 1 N–H and O–H groups in total. The first-order chi connectivity index (χ1) is 13.0. The van der Waals surface area contributed by atoms with Crippen LogP contribution in [-0.4, -0.2) is 21.9 Å². The second-order valence-electron chi connectivity index (χ2n) is 6.44. The number of hydrogen-bond acceptors (Lipinski definition) is 6. The van der Waals surface area contributed by atoms with Crippen molar-refractivity contribution in [2.75, 3.05) is 17.3 Å². The monoisotopic (exact) mass is 363 g/mol. The molecule has 0 spiro atoms. The van der Waals surface area contributed by atoms with Gasteiger partial charge in [0.1, 0.15) is 6.33 Å². The van der Waals surface area contributed by atoms with Crippen LogP contribution in [0, 0.1) is 24.0 Å². The molecule has 138 valence electrons. The molecule has 0 aliphatic heterocycles. The van der Waals surface area contributed by atoms with Crippen molar-refractivity contribution in [2.24, 2.45) is 0 Å². The third kappa shape index (κ3) is 4.20. The van der Waals surface area contributed by atoms with E-state index in [9.17, 15) is 10.1 Å². The molecule has 0 unspecified atom stereocenters. The largest absolute Gasteiger partial charge is 0.353 e. The van der Waals surface area contributed by atoms with Crippen molar-refractivity contribution in [3.63, 3.8) is 0 Å². The molecule has 0 radical (unpaired) electrons. The Morgan fingerprint density at radius 3 is 2.52 bits per heavy atom. The van der Waals surface area contributed by atoms with Crippen LogP contribution in [0.2, 0.25) is 0 Å². The summed E-state index contributed by atoms with van der Waals surface area (Å²) in [5, 5.41) is 14.9. The second-order valence-corrected chi connectivity index (χ2v) is 6.44. The number of aromatic nitrogens is 2. The lowest BCUT2D eigenvalue weighted by atomic mass is 10.1. The van der Waals surface area contributed by atoms with Gasteiger partial charge in [0.25, 0.3) is 0 Å². The van der Waals surface area contributed by atoms with Gasteiger partial charge in [-0.25, -0.2) is 9.97 Å². The van der Waals surface area contributed by atoms with E-state index in [1.54, 1.807) is 11.9 Å². The molecule has 27 heavy (non-hydrogen) atoms. The molecule has 7 heteroatoms. The predicted octanol–water partition coefficient (Wildman–Crippen LogP) is 4.38. The highest BCUT2D eigenvalue weighted by Gasteiger charge is 2.26. The van der Waals surface area contributed by atoms with E-state index in [2.05, 4.69) is 15.3 Å². The zero-order valence-electron chi connectivity index (χ0n) is 15.5. The maximum atomic E-state index is 11.8. The van der Waals surface area contributed by atoms with Gasteiger partial charge in [-0.1, -0.05) is 48.0 Å². The lowest BCUT2D eigenvalue weighted by Crippen LogP contribution is -2.20. The van der Waals surface area contributed by atoms with Crippen LogP contribution in [0.3, 0.4) is 0 Å². The van der Waals surface area contributed by atoms with E-state index >= 15 is 0 Å². The Morgan fingerprint density at radius 1 is 1.11 bits per heavy atom. The zero-order chi connectivity index (χ0) is 19.4. The van der Waals surface area contributed by atoms with Crippen LogP contribution < -0.4 is 10.2 Å². The molecule has 1 heterocycles. The van der Waals surface area contributed by atoms with E-state index in [0.717, 1.165) is 22.4 Å². The van der Waals surface area contributed by atoms with E-state index in [-0.39, 0.29) is 17.3 Å². The topological polar surface area (TPSA) is 84.2 Å². The normalized spacial score (nSPS) is 10.5. The second kappa shape index (κ2) is 7.82. The Balaban J connectivity index is 1.96. The van der Waals surface area contributed by atoms with Gasteiger partial charge in [-0.3, -0.25) is 10.1 Å². The third-order valence-electron chi connectivity index (χ3n) is 4.24. The summed E-state index contributed by atoms with van der Waals surface area (Å²) in [5.74, 6) is 0.447. The van der Waals surface area contributed by atoms with Crippen molar-refractivity contribution in [1.82, 2.24) is 9.97 Å². The summed E-state index contributed by atoms with van der Waals surface area (Å²) in [5.41, 5.74) is 3.78. The molecule has 2 aromatic carbocycles. The summed E-state index contributed by atoms with van der Waals surface area (Å²) >= 11 is 0. The van der Waals surface area contributed by atoms with Crippen LogP contribution >= 0.6 is 0 Å². The minimum absolute atomic E-state index is 0.143. The smallest absolute Gasteiger partial charge is 0.349 e. The van der Waals surface area contributed by atoms with Gasteiger partial charge in [-0.15, -0.1) is 0 Å². The molecular formula is C20H21N5O2. The quantitative estimate of drug-likeness (QED) is 0.517. The SMILES string of the molecule is Cc1ccc(Nc2ncnc(N(C)Cc3ccccc3)c2[N+](=O)[O-])c(C)c1. The van der Waals surface area contributed by atoms with Gasteiger partial charge in [0.15, 0.2) is 0 Å². The first-order valence-electron chi connectivity index (χ1n) is 8.54. The van der Waals surface area contributed by atoms with Gasteiger partial charge in [-0.05, 0) is 31.0 Å². The molecular weight excluding hydrogens is 342 g/mol. The van der Waals surface area contributed by atoms with Gasteiger partial charge in [0.2, 0.25) is 11.6 Å². The highest BCUT2D eigenvalue weighted by molar-refractivity contribution is 5.75. The molecule has 3 rings (SSSR count). The summed E-state index contributed by atoms with van der Waals surface area (Å²) in [6.07, 6.45) is 1.34. The number of anilines is 3. The van der Waals surface area contributed by atoms with Gasteiger partial charge >= 0.3 is 5.69 Å². The molecule has 0 fully saturated rings. The van der Waals surface area contributed by atoms with E-state index in [4.69, 9.17) is 0 Å².